The summed E-state index contributed by atoms with van der Waals surface area (Å²) in [4.78, 5) is 28.7. The van der Waals surface area contributed by atoms with E-state index in [4.69, 9.17) is 11.6 Å². The van der Waals surface area contributed by atoms with Crippen LogP contribution >= 0.6 is 34.3 Å². The molecule has 4 rings (SSSR count). The van der Waals surface area contributed by atoms with Crippen LogP contribution in [0.4, 0.5) is 10.8 Å². The Balaban J connectivity index is 1.62. The molecular weight excluding hydrogens is 390 g/mol. The summed E-state index contributed by atoms with van der Waals surface area (Å²) >= 11 is 9.05. The van der Waals surface area contributed by atoms with Crippen molar-refractivity contribution in [2.45, 2.75) is 6.92 Å². The number of fused-ring (bicyclic) bond motifs is 2. The molecule has 4 aromatic rings. The fourth-order valence-electron chi connectivity index (χ4n) is 2.57. The average Bonchev–Trinajstić information content (AvgIpc) is 3.15. The predicted molar refractivity (Wildman–Crippen MR) is 109 cm³/mol. The molecule has 2 N–H and O–H groups in total. The van der Waals surface area contributed by atoms with Crippen molar-refractivity contribution in [1.82, 2.24) is 4.98 Å². The average molecular weight is 402 g/mol. The molecule has 0 fully saturated rings. The van der Waals surface area contributed by atoms with Gasteiger partial charge in [0.1, 0.15) is 4.88 Å². The number of carbonyl (C=O) groups excluding carboxylic acids is 2. The van der Waals surface area contributed by atoms with E-state index in [1.165, 1.54) is 29.6 Å². The lowest BCUT2D eigenvalue weighted by atomic mass is 10.2. The molecule has 130 valence electrons. The summed E-state index contributed by atoms with van der Waals surface area (Å²) in [6.07, 6.45) is 0. The zero-order valence-corrected chi connectivity index (χ0v) is 15.9. The first-order chi connectivity index (χ1) is 12.5. The SMILES string of the molecule is CC(=O)Nc1ccc2nc(NC(=O)c3sc4ccccc4c3Cl)sc2c1. The van der Waals surface area contributed by atoms with E-state index in [9.17, 15) is 9.59 Å². The number of aromatic nitrogens is 1. The number of anilines is 2. The summed E-state index contributed by atoms with van der Waals surface area (Å²) < 4.78 is 1.83. The van der Waals surface area contributed by atoms with Crippen molar-refractivity contribution in [2.24, 2.45) is 0 Å². The Hall–Kier alpha value is -2.48. The lowest BCUT2D eigenvalue weighted by Gasteiger charge is -1.99. The van der Waals surface area contributed by atoms with Crippen molar-refractivity contribution in [1.29, 1.82) is 0 Å². The van der Waals surface area contributed by atoms with Gasteiger partial charge in [-0.3, -0.25) is 14.9 Å². The normalized spacial score (nSPS) is 11.0. The third-order valence-corrected chi connectivity index (χ3v) is 6.28. The van der Waals surface area contributed by atoms with Crippen molar-refractivity contribution >= 4 is 77.2 Å². The van der Waals surface area contributed by atoms with Crippen LogP contribution in [0.15, 0.2) is 42.5 Å². The Bertz CT molecular complexity index is 1170. The van der Waals surface area contributed by atoms with Gasteiger partial charge in [-0.1, -0.05) is 41.1 Å². The number of carbonyl (C=O) groups is 2. The van der Waals surface area contributed by atoms with Crippen molar-refractivity contribution in [2.75, 3.05) is 10.6 Å². The van der Waals surface area contributed by atoms with E-state index >= 15 is 0 Å². The Morgan fingerprint density at radius 3 is 2.62 bits per heavy atom. The summed E-state index contributed by atoms with van der Waals surface area (Å²) in [5.74, 6) is -0.417. The second-order valence-electron chi connectivity index (χ2n) is 5.58. The monoisotopic (exact) mass is 401 g/mol. The molecule has 0 bridgehead atoms. The summed E-state index contributed by atoms with van der Waals surface area (Å²) in [6, 6.07) is 13.0. The van der Waals surface area contributed by atoms with Gasteiger partial charge in [0.05, 0.1) is 15.2 Å². The van der Waals surface area contributed by atoms with Gasteiger partial charge in [-0.25, -0.2) is 4.98 Å². The first-order valence-electron chi connectivity index (χ1n) is 7.68. The number of hydrogen-bond acceptors (Lipinski definition) is 5. The van der Waals surface area contributed by atoms with Crippen molar-refractivity contribution in [3.8, 4) is 0 Å². The molecule has 0 saturated carbocycles. The van der Waals surface area contributed by atoms with E-state index in [1.807, 2.05) is 30.3 Å². The summed E-state index contributed by atoms with van der Waals surface area (Å²) in [6.45, 7) is 1.46. The van der Waals surface area contributed by atoms with Gasteiger partial charge in [0, 0.05) is 22.7 Å². The number of nitrogens with one attached hydrogen (secondary N) is 2. The fraction of sp³-hybridized carbons (Fsp3) is 0.0556. The smallest absolute Gasteiger partial charge is 0.269 e. The Labute approximate surface area is 161 Å². The zero-order valence-electron chi connectivity index (χ0n) is 13.5. The molecule has 2 amide bonds. The maximum atomic E-state index is 12.6. The van der Waals surface area contributed by atoms with Crippen LogP contribution in [0.2, 0.25) is 5.02 Å². The van der Waals surface area contributed by atoms with Gasteiger partial charge in [-0.2, -0.15) is 0 Å². The van der Waals surface area contributed by atoms with Crippen LogP contribution in [0.3, 0.4) is 0 Å². The minimum atomic E-state index is -0.280. The topological polar surface area (TPSA) is 71.1 Å². The lowest BCUT2D eigenvalue weighted by molar-refractivity contribution is -0.114. The number of hydrogen-bond donors (Lipinski definition) is 2. The molecule has 2 aromatic heterocycles. The highest BCUT2D eigenvalue weighted by Gasteiger charge is 2.18. The Morgan fingerprint density at radius 2 is 1.85 bits per heavy atom. The van der Waals surface area contributed by atoms with Crippen LogP contribution in [0.5, 0.6) is 0 Å². The molecule has 0 atom stereocenters. The minimum absolute atomic E-state index is 0.137. The van der Waals surface area contributed by atoms with Crippen LogP contribution in [0, 0.1) is 0 Å². The number of amides is 2. The van der Waals surface area contributed by atoms with Crippen molar-refractivity contribution < 1.29 is 9.59 Å². The van der Waals surface area contributed by atoms with E-state index in [2.05, 4.69) is 15.6 Å². The van der Waals surface area contributed by atoms with Gasteiger partial charge in [0.2, 0.25) is 5.91 Å². The fourth-order valence-corrected chi connectivity index (χ4v) is 4.89. The molecule has 0 aliphatic heterocycles. The zero-order chi connectivity index (χ0) is 18.3. The van der Waals surface area contributed by atoms with Crippen LogP contribution in [0.25, 0.3) is 20.3 Å². The van der Waals surface area contributed by atoms with Gasteiger partial charge in [0.15, 0.2) is 5.13 Å². The highest BCUT2D eigenvalue weighted by molar-refractivity contribution is 7.23. The highest BCUT2D eigenvalue weighted by Crippen LogP contribution is 2.36. The molecule has 26 heavy (non-hydrogen) atoms. The number of rotatable bonds is 3. The molecule has 0 radical (unpaired) electrons. The standard InChI is InChI=1S/C18H12ClN3O2S2/c1-9(23)20-10-6-7-12-14(8-10)26-18(21-12)22-17(24)16-15(19)11-4-2-3-5-13(11)25-16/h2-8H,1H3,(H,20,23)(H,21,22,24). The largest absolute Gasteiger partial charge is 0.326 e. The second-order valence-corrected chi connectivity index (χ2v) is 8.04. The Kier molecular flexibility index (Phi) is 4.36. The number of benzene rings is 2. The minimum Gasteiger partial charge on any atom is -0.326 e. The molecule has 8 heteroatoms. The maximum Gasteiger partial charge on any atom is 0.269 e. The number of thiophene rings is 1. The molecular formula is C18H12ClN3O2S2. The first-order valence-corrected chi connectivity index (χ1v) is 9.69. The second kappa shape index (κ2) is 6.68. The molecule has 5 nitrogen and oxygen atoms in total. The van der Waals surface area contributed by atoms with E-state index < -0.39 is 0 Å². The van der Waals surface area contributed by atoms with Gasteiger partial charge in [0.25, 0.3) is 5.91 Å². The molecule has 0 aliphatic rings. The molecule has 0 saturated heterocycles. The maximum absolute atomic E-state index is 12.6. The highest BCUT2D eigenvalue weighted by atomic mass is 35.5. The molecule has 2 heterocycles. The van der Waals surface area contributed by atoms with E-state index in [1.54, 1.807) is 12.1 Å². The Morgan fingerprint density at radius 1 is 1.04 bits per heavy atom. The van der Waals surface area contributed by atoms with Crippen LogP contribution in [-0.2, 0) is 4.79 Å². The van der Waals surface area contributed by atoms with Crippen LogP contribution in [0.1, 0.15) is 16.6 Å². The quantitative estimate of drug-likeness (QED) is 0.484. The van der Waals surface area contributed by atoms with Gasteiger partial charge in [-0.15, -0.1) is 11.3 Å². The predicted octanol–water partition coefficient (Wildman–Crippen LogP) is 5.38. The number of thiazole rings is 1. The third kappa shape index (κ3) is 3.16. The van der Waals surface area contributed by atoms with Crippen molar-refractivity contribution in [3.63, 3.8) is 0 Å². The number of halogens is 1. The van der Waals surface area contributed by atoms with E-state index in [0.717, 1.165) is 20.3 Å². The molecule has 0 spiro atoms. The number of nitrogens with zero attached hydrogens (tertiary/aromatic N) is 1. The van der Waals surface area contributed by atoms with Crippen molar-refractivity contribution in [3.05, 3.63) is 52.4 Å². The summed E-state index contributed by atoms with van der Waals surface area (Å²) in [7, 11) is 0. The van der Waals surface area contributed by atoms with Gasteiger partial charge < -0.3 is 5.32 Å². The van der Waals surface area contributed by atoms with E-state index in [0.29, 0.717) is 20.7 Å². The molecule has 0 aliphatic carbocycles. The van der Waals surface area contributed by atoms with Gasteiger partial charge >= 0.3 is 0 Å². The molecule has 0 unspecified atom stereocenters. The summed E-state index contributed by atoms with van der Waals surface area (Å²) in [5.41, 5.74) is 1.45. The van der Waals surface area contributed by atoms with E-state index in [-0.39, 0.29) is 11.8 Å². The lowest BCUT2D eigenvalue weighted by Crippen LogP contribution is -2.10. The van der Waals surface area contributed by atoms with Crippen LogP contribution < -0.4 is 10.6 Å². The molecule has 2 aromatic carbocycles. The summed E-state index contributed by atoms with van der Waals surface area (Å²) in [5, 5.41) is 7.36. The first kappa shape index (κ1) is 17.0. The van der Waals surface area contributed by atoms with Gasteiger partial charge in [-0.05, 0) is 24.3 Å². The third-order valence-electron chi connectivity index (χ3n) is 3.67. The van der Waals surface area contributed by atoms with Crippen LogP contribution in [-0.4, -0.2) is 16.8 Å².